The van der Waals surface area contributed by atoms with E-state index in [0.717, 1.165) is 5.56 Å². The summed E-state index contributed by atoms with van der Waals surface area (Å²) in [5, 5.41) is 20.9. The van der Waals surface area contributed by atoms with Gasteiger partial charge in [-0.1, -0.05) is 30.3 Å². The number of hydrogen-bond acceptors (Lipinski definition) is 4. The van der Waals surface area contributed by atoms with Crippen molar-refractivity contribution >= 4 is 24.1 Å². The highest BCUT2D eigenvalue weighted by Crippen LogP contribution is 2.18. The fourth-order valence-corrected chi connectivity index (χ4v) is 2.51. The molecular weight excluding hydrogens is 266 g/mol. The first-order valence-electron chi connectivity index (χ1n) is 5.88. The minimum Gasteiger partial charge on any atom is -0.480 e. The zero-order valence-electron chi connectivity index (χ0n) is 10.4. The molecule has 0 fully saturated rings. The van der Waals surface area contributed by atoms with Crippen molar-refractivity contribution in [3.8, 4) is 0 Å². The van der Waals surface area contributed by atoms with Crippen LogP contribution < -0.4 is 5.32 Å². The Hall–Kier alpha value is -1.53. The number of aliphatic carboxylic acids is 1. The van der Waals surface area contributed by atoms with Gasteiger partial charge in [0.1, 0.15) is 6.04 Å². The quantitative estimate of drug-likeness (QED) is 0.466. The van der Waals surface area contributed by atoms with Gasteiger partial charge in [-0.15, -0.1) is 0 Å². The Morgan fingerprint density at radius 2 is 2.05 bits per heavy atom. The van der Waals surface area contributed by atoms with Crippen molar-refractivity contribution in [1.82, 2.24) is 5.32 Å². The van der Waals surface area contributed by atoms with Gasteiger partial charge < -0.3 is 15.5 Å². The first kappa shape index (κ1) is 15.5. The van der Waals surface area contributed by atoms with Crippen LogP contribution in [0.15, 0.2) is 30.3 Å². The van der Waals surface area contributed by atoms with E-state index in [9.17, 15) is 14.7 Å². The van der Waals surface area contributed by atoms with Gasteiger partial charge in [-0.2, -0.15) is 11.8 Å². The second-order valence-corrected chi connectivity index (χ2v) is 5.12. The summed E-state index contributed by atoms with van der Waals surface area (Å²) in [6, 6.07) is 8.43. The zero-order valence-corrected chi connectivity index (χ0v) is 11.2. The maximum atomic E-state index is 10.8. The van der Waals surface area contributed by atoms with E-state index in [0.29, 0.717) is 24.3 Å². The molecule has 104 valence electrons. The average Bonchev–Trinajstić information content (AvgIpc) is 2.42. The molecule has 0 saturated heterocycles. The second kappa shape index (κ2) is 8.55. The van der Waals surface area contributed by atoms with Gasteiger partial charge in [0.25, 0.3) is 0 Å². The Balaban J connectivity index is 2.26. The summed E-state index contributed by atoms with van der Waals surface area (Å²) >= 11 is 1.46. The number of carboxylic acid groups (broad SMARTS) is 1. The molecule has 0 aliphatic heterocycles. The standard InChI is InChI=1S/C13H17NO4S/c15-9-14-11(13(17)18)6-7-19-8-12(16)10-4-2-1-3-5-10/h1-5,9,11-12,16H,6-8H2,(H,14,15)(H,17,18). The molecular formula is C13H17NO4S. The van der Waals surface area contributed by atoms with E-state index in [1.54, 1.807) is 0 Å². The molecule has 0 bridgehead atoms. The first-order valence-corrected chi connectivity index (χ1v) is 7.04. The van der Waals surface area contributed by atoms with Crippen molar-refractivity contribution in [2.75, 3.05) is 11.5 Å². The molecule has 1 amide bonds. The molecule has 1 aromatic carbocycles. The topological polar surface area (TPSA) is 86.6 Å². The van der Waals surface area contributed by atoms with Crippen LogP contribution in [0.3, 0.4) is 0 Å². The number of hydrogen-bond donors (Lipinski definition) is 3. The molecule has 2 unspecified atom stereocenters. The van der Waals surface area contributed by atoms with Crippen LogP contribution in [-0.4, -0.2) is 40.1 Å². The number of carbonyl (C=O) groups excluding carboxylic acids is 1. The molecule has 6 heteroatoms. The van der Waals surface area contributed by atoms with Crippen LogP contribution in [0.5, 0.6) is 0 Å². The average molecular weight is 283 g/mol. The maximum absolute atomic E-state index is 10.8. The Bertz CT molecular complexity index is 399. The zero-order chi connectivity index (χ0) is 14.1. The molecule has 19 heavy (non-hydrogen) atoms. The molecule has 0 saturated carbocycles. The predicted molar refractivity (Wildman–Crippen MR) is 74.0 cm³/mol. The van der Waals surface area contributed by atoms with Crippen molar-refractivity contribution in [3.05, 3.63) is 35.9 Å². The van der Waals surface area contributed by atoms with E-state index in [1.165, 1.54) is 11.8 Å². The summed E-state index contributed by atoms with van der Waals surface area (Å²) in [7, 11) is 0. The molecule has 0 aliphatic rings. The summed E-state index contributed by atoms with van der Waals surface area (Å²) in [4.78, 5) is 21.0. The van der Waals surface area contributed by atoms with Crippen LogP contribution in [0.25, 0.3) is 0 Å². The molecule has 0 aromatic heterocycles. The molecule has 3 N–H and O–H groups in total. The van der Waals surface area contributed by atoms with E-state index in [1.807, 2.05) is 30.3 Å². The highest BCUT2D eigenvalue weighted by molar-refractivity contribution is 7.99. The third-order valence-electron chi connectivity index (χ3n) is 2.58. The molecule has 1 rings (SSSR count). The summed E-state index contributed by atoms with van der Waals surface area (Å²) < 4.78 is 0. The number of amides is 1. The van der Waals surface area contributed by atoms with Crippen LogP contribution in [-0.2, 0) is 9.59 Å². The number of carbonyl (C=O) groups is 2. The van der Waals surface area contributed by atoms with Gasteiger partial charge in [0.15, 0.2) is 0 Å². The van der Waals surface area contributed by atoms with Gasteiger partial charge in [0.2, 0.25) is 6.41 Å². The minimum atomic E-state index is -1.05. The van der Waals surface area contributed by atoms with Crippen molar-refractivity contribution in [2.45, 2.75) is 18.6 Å². The van der Waals surface area contributed by atoms with Crippen LogP contribution in [0.4, 0.5) is 0 Å². The monoisotopic (exact) mass is 283 g/mol. The van der Waals surface area contributed by atoms with Crippen LogP contribution in [0.1, 0.15) is 18.1 Å². The molecule has 0 aliphatic carbocycles. The van der Waals surface area contributed by atoms with E-state index >= 15 is 0 Å². The second-order valence-electron chi connectivity index (χ2n) is 3.97. The predicted octanol–water partition coefficient (Wildman–Crippen LogP) is 1.04. The number of aliphatic hydroxyl groups excluding tert-OH is 1. The van der Waals surface area contributed by atoms with Gasteiger partial charge in [0.05, 0.1) is 6.10 Å². The Labute approximate surface area is 116 Å². The smallest absolute Gasteiger partial charge is 0.326 e. The fraction of sp³-hybridized carbons (Fsp3) is 0.385. The number of aliphatic hydroxyl groups is 1. The van der Waals surface area contributed by atoms with E-state index < -0.39 is 18.1 Å². The molecule has 2 atom stereocenters. The van der Waals surface area contributed by atoms with Crippen molar-refractivity contribution in [1.29, 1.82) is 0 Å². The summed E-state index contributed by atoms with van der Waals surface area (Å²) in [6.45, 7) is 0. The highest BCUT2D eigenvalue weighted by Gasteiger charge is 2.16. The van der Waals surface area contributed by atoms with Crippen molar-refractivity contribution in [2.24, 2.45) is 0 Å². The van der Waals surface area contributed by atoms with Gasteiger partial charge in [-0.25, -0.2) is 4.79 Å². The Kier molecular flexibility index (Phi) is 6.99. The molecule has 1 aromatic rings. The Morgan fingerprint density at radius 1 is 1.37 bits per heavy atom. The van der Waals surface area contributed by atoms with Crippen molar-refractivity contribution in [3.63, 3.8) is 0 Å². The minimum absolute atomic E-state index is 0.334. The normalized spacial score (nSPS) is 13.5. The highest BCUT2D eigenvalue weighted by atomic mass is 32.2. The fourth-order valence-electron chi connectivity index (χ4n) is 1.53. The lowest BCUT2D eigenvalue weighted by Crippen LogP contribution is -2.36. The van der Waals surface area contributed by atoms with Crippen molar-refractivity contribution < 1.29 is 19.8 Å². The number of thioether (sulfide) groups is 1. The summed E-state index contributed by atoms with van der Waals surface area (Å²) in [6.07, 6.45) is 0.163. The van der Waals surface area contributed by atoms with Gasteiger partial charge in [-0.05, 0) is 17.7 Å². The number of nitrogens with one attached hydrogen (secondary N) is 1. The molecule has 0 spiro atoms. The van der Waals surface area contributed by atoms with E-state index in [-0.39, 0.29) is 0 Å². The summed E-state index contributed by atoms with van der Waals surface area (Å²) in [5.41, 5.74) is 0.843. The third-order valence-corrected chi connectivity index (χ3v) is 3.65. The lowest BCUT2D eigenvalue weighted by Gasteiger charge is -2.13. The van der Waals surface area contributed by atoms with Crippen LogP contribution in [0, 0.1) is 0 Å². The van der Waals surface area contributed by atoms with Crippen LogP contribution in [0.2, 0.25) is 0 Å². The largest absolute Gasteiger partial charge is 0.480 e. The lowest BCUT2D eigenvalue weighted by atomic mass is 10.1. The number of carboxylic acids is 1. The molecule has 5 nitrogen and oxygen atoms in total. The van der Waals surface area contributed by atoms with Gasteiger partial charge in [-0.3, -0.25) is 4.79 Å². The maximum Gasteiger partial charge on any atom is 0.326 e. The molecule has 0 heterocycles. The number of benzene rings is 1. The first-order chi connectivity index (χ1) is 9.15. The lowest BCUT2D eigenvalue weighted by molar-refractivity contribution is -0.140. The number of rotatable bonds is 9. The SMILES string of the molecule is O=CNC(CCSCC(O)c1ccccc1)C(=O)O. The van der Waals surface area contributed by atoms with Crippen LogP contribution >= 0.6 is 11.8 Å². The Morgan fingerprint density at radius 3 is 2.63 bits per heavy atom. The van der Waals surface area contributed by atoms with E-state index in [2.05, 4.69) is 5.32 Å². The van der Waals surface area contributed by atoms with Gasteiger partial charge >= 0.3 is 5.97 Å². The third kappa shape index (κ3) is 5.76. The van der Waals surface area contributed by atoms with E-state index in [4.69, 9.17) is 5.11 Å². The van der Waals surface area contributed by atoms with Gasteiger partial charge in [0, 0.05) is 5.75 Å². The summed E-state index contributed by atoms with van der Waals surface area (Å²) in [5.74, 6) is 0.00962. The molecule has 0 radical (unpaired) electrons.